The Morgan fingerprint density at radius 1 is 1.24 bits per heavy atom. The van der Waals surface area contributed by atoms with Gasteiger partial charge in [-0.3, -0.25) is 4.79 Å². The normalized spacial score (nSPS) is 23.2. The van der Waals surface area contributed by atoms with Gasteiger partial charge in [-0.25, -0.2) is 4.39 Å². The molecule has 0 aromatic carbocycles. The number of nitrogens with zero attached hydrogens (tertiary/aromatic N) is 2. The lowest BCUT2D eigenvalue weighted by molar-refractivity contribution is -0.132. The number of carbonyl (C=O) groups excluding carboxylic acids is 1. The molecule has 104 valence electrons. The maximum atomic E-state index is 13.5. The number of piperidine rings is 1. The van der Waals surface area contributed by atoms with Crippen molar-refractivity contribution in [3.63, 3.8) is 0 Å². The molecule has 1 aliphatic heterocycles. The third-order valence-electron chi connectivity index (χ3n) is 2.62. The molecular weight excluding hydrogens is 219 g/mol. The van der Waals surface area contributed by atoms with Crippen LogP contribution < -0.4 is 0 Å². The second-order valence-electron chi connectivity index (χ2n) is 3.80. The quantitative estimate of drug-likeness (QED) is 0.712. The van der Waals surface area contributed by atoms with Crippen LogP contribution >= 0.6 is 0 Å². The lowest BCUT2D eigenvalue weighted by atomic mass is 10.0. The molecule has 0 radical (unpaired) electrons. The van der Waals surface area contributed by atoms with Crippen molar-refractivity contribution in [1.82, 2.24) is 9.80 Å². The van der Waals surface area contributed by atoms with Crippen molar-refractivity contribution >= 4 is 5.91 Å². The molecule has 1 aliphatic rings. The van der Waals surface area contributed by atoms with Crippen molar-refractivity contribution in [2.24, 2.45) is 0 Å². The molecule has 1 rings (SSSR count). The fraction of sp³-hybridized carbons (Fsp3) is 0.923. The first-order valence-corrected chi connectivity index (χ1v) is 6.58. The minimum atomic E-state index is -0.910. The van der Waals surface area contributed by atoms with E-state index in [0.29, 0.717) is 6.54 Å². The number of hydrogen-bond acceptors (Lipinski definition) is 2. The highest BCUT2D eigenvalue weighted by atomic mass is 19.1. The van der Waals surface area contributed by atoms with Gasteiger partial charge in [-0.2, -0.15) is 0 Å². The summed E-state index contributed by atoms with van der Waals surface area (Å²) in [5.74, 6) is -0.0279. The SMILES string of the molecule is CC.CC.CC(=O)N1CCC(N(C)C)C(F)C1. The Bertz CT molecular complexity index is 198. The van der Waals surface area contributed by atoms with E-state index in [2.05, 4.69) is 0 Å². The molecule has 0 bridgehead atoms. The minimum Gasteiger partial charge on any atom is -0.340 e. The number of alkyl halides is 1. The Morgan fingerprint density at radius 2 is 1.71 bits per heavy atom. The van der Waals surface area contributed by atoms with Gasteiger partial charge in [0.15, 0.2) is 0 Å². The van der Waals surface area contributed by atoms with Crippen LogP contribution in [-0.2, 0) is 4.79 Å². The van der Waals surface area contributed by atoms with Crippen LogP contribution in [0.5, 0.6) is 0 Å². The van der Waals surface area contributed by atoms with E-state index in [9.17, 15) is 9.18 Å². The average Bonchev–Trinajstić information content (AvgIpc) is 2.33. The predicted molar refractivity (Wildman–Crippen MR) is 71.9 cm³/mol. The van der Waals surface area contributed by atoms with Crippen LogP contribution in [0.3, 0.4) is 0 Å². The van der Waals surface area contributed by atoms with E-state index in [1.165, 1.54) is 6.92 Å². The Hall–Kier alpha value is -0.640. The second-order valence-corrected chi connectivity index (χ2v) is 3.80. The summed E-state index contributed by atoms with van der Waals surface area (Å²) in [5.41, 5.74) is 0. The molecular formula is C13H29FN2O. The summed E-state index contributed by atoms with van der Waals surface area (Å²) in [7, 11) is 3.75. The average molecular weight is 248 g/mol. The number of carbonyl (C=O) groups is 1. The van der Waals surface area contributed by atoms with Gasteiger partial charge in [0.25, 0.3) is 0 Å². The van der Waals surface area contributed by atoms with E-state index in [1.54, 1.807) is 4.90 Å². The minimum absolute atomic E-state index is 0.0279. The standard InChI is InChI=1S/C9H17FN2O.2C2H6/c1-7(13)12-5-4-9(11(2)3)8(10)6-12;2*1-2/h8-9H,4-6H2,1-3H3;2*1-2H3. The van der Waals surface area contributed by atoms with Gasteiger partial charge in [0.05, 0.1) is 6.54 Å². The van der Waals surface area contributed by atoms with Crippen molar-refractivity contribution in [1.29, 1.82) is 0 Å². The van der Waals surface area contributed by atoms with E-state index >= 15 is 0 Å². The third-order valence-corrected chi connectivity index (χ3v) is 2.62. The lowest BCUT2D eigenvalue weighted by Crippen LogP contribution is -2.51. The third kappa shape index (κ3) is 6.61. The number of amides is 1. The van der Waals surface area contributed by atoms with Crippen LogP contribution in [0, 0.1) is 0 Å². The molecule has 0 aromatic rings. The van der Waals surface area contributed by atoms with Gasteiger partial charge in [0.1, 0.15) is 6.17 Å². The first kappa shape index (κ1) is 18.7. The molecule has 1 saturated heterocycles. The lowest BCUT2D eigenvalue weighted by Gasteiger charge is -2.37. The Balaban J connectivity index is 0. The topological polar surface area (TPSA) is 23.6 Å². The molecule has 0 spiro atoms. The summed E-state index contributed by atoms with van der Waals surface area (Å²) in [6.45, 7) is 10.4. The van der Waals surface area contributed by atoms with Crippen LogP contribution in [0.15, 0.2) is 0 Å². The summed E-state index contributed by atoms with van der Waals surface area (Å²) in [5, 5.41) is 0. The zero-order chi connectivity index (χ0) is 14.0. The van der Waals surface area contributed by atoms with E-state index < -0.39 is 6.17 Å². The van der Waals surface area contributed by atoms with Crippen molar-refractivity contribution < 1.29 is 9.18 Å². The molecule has 1 amide bonds. The highest BCUT2D eigenvalue weighted by molar-refractivity contribution is 5.73. The van der Waals surface area contributed by atoms with Crippen molar-refractivity contribution in [2.45, 2.75) is 53.3 Å². The molecule has 4 heteroatoms. The summed E-state index contributed by atoms with van der Waals surface area (Å²) in [6.07, 6.45) is -0.180. The highest BCUT2D eigenvalue weighted by Crippen LogP contribution is 2.17. The van der Waals surface area contributed by atoms with Crippen LogP contribution in [0.4, 0.5) is 4.39 Å². The molecule has 0 N–H and O–H groups in total. The summed E-state index contributed by atoms with van der Waals surface area (Å²) in [6, 6.07) is -0.0319. The maximum Gasteiger partial charge on any atom is 0.219 e. The molecule has 0 aromatic heterocycles. The number of rotatable bonds is 1. The molecule has 0 saturated carbocycles. The molecule has 3 nitrogen and oxygen atoms in total. The zero-order valence-electron chi connectivity index (χ0n) is 12.5. The van der Waals surface area contributed by atoms with Crippen LogP contribution in [-0.4, -0.2) is 55.1 Å². The van der Waals surface area contributed by atoms with Gasteiger partial charge in [0, 0.05) is 19.5 Å². The summed E-state index contributed by atoms with van der Waals surface area (Å²) in [4.78, 5) is 14.4. The van der Waals surface area contributed by atoms with Crippen molar-refractivity contribution in [3.05, 3.63) is 0 Å². The largest absolute Gasteiger partial charge is 0.340 e. The fourth-order valence-electron chi connectivity index (χ4n) is 1.76. The van der Waals surface area contributed by atoms with Crippen LogP contribution in [0.25, 0.3) is 0 Å². The van der Waals surface area contributed by atoms with Crippen molar-refractivity contribution in [3.8, 4) is 0 Å². The molecule has 1 fully saturated rings. The van der Waals surface area contributed by atoms with Crippen LogP contribution in [0.2, 0.25) is 0 Å². The smallest absolute Gasteiger partial charge is 0.219 e. The number of halogens is 1. The van der Waals surface area contributed by atoms with Gasteiger partial charge < -0.3 is 9.80 Å². The van der Waals surface area contributed by atoms with Gasteiger partial charge in [0.2, 0.25) is 5.91 Å². The Labute approximate surface area is 106 Å². The van der Waals surface area contributed by atoms with E-state index in [4.69, 9.17) is 0 Å². The first-order chi connectivity index (χ1) is 8.02. The second kappa shape index (κ2) is 10.5. The van der Waals surface area contributed by atoms with Crippen LogP contribution in [0.1, 0.15) is 41.0 Å². The number of hydrogen-bond donors (Lipinski definition) is 0. The molecule has 17 heavy (non-hydrogen) atoms. The first-order valence-electron chi connectivity index (χ1n) is 6.58. The summed E-state index contributed by atoms with van der Waals surface area (Å²) < 4.78 is 13.5. The Morgan fingerprint density at radius 3 is 2.00 bits per heavy atom. The van der Waals surface area contributed by atoms with Gasteiger partial charge >= 0.3 is 0 Å². The molecule has 0 aliphatic carbocycles. The summed E-state index contributed by atoms with van der Waals surface area (Å²) >= 11 is 0. The van der Waals surface area contributed by atoms with E-state index in [-0.39, 0.29) is 18.5 Å². The number of likely N-dealkylation sites (tertiary alicyclic amines) is 1. The van der Waals surface area contributed by atoms with Gasteiger partial charge in [-0.05, 0) is 20.5 Å². The van der Waals surface area contributed by atoms with E-state index in [1.807, 2.05) is 46.7 Å². The predicted octanol–water partition coefficient (Wildman–Crippen LogP) is 2.56. The zero-order valence-corrected chi connectivity index (χ0v) is 12.5. The molecule has 2 atom stereocenters. The molecule has 2 unspecified atom stereocenters. The maximum absolute atomic E-state index is 13.5. The molecule has 1 heterocycles. The fourth-order valence-corrected chi connectivity index (χ4v) is 1.76. The van der Waals surface area contributed by atoms with Gasteiger partial charge in [-0.15, -0.1) is 0 Å². The van der Waals surface area contributed by atoms with Gasteiger partial charge in [-0.1, -0.05) is 27.7 Å². The van der Waals surface area contributed by atoms with Crippen molar-refractivity contribution in [2.75, 3.05) is 27.2 Å². The highest BCUT2D eigenvalue weighted by Gasteiger charge is 2.31. The monoisotopic (exact) mass is 248 g/mol. The van der Waals surface area contributed by atoms with E-state index in [0.717, 1.165) is 6.42 Å². The Kier molecular flexibility index (Phi) is 11.6.